The molecule has 0 aliphatic heterocycles. The maximum Gasteiger partial charge on any atom is 0.284 e. The van der Waals surface area contributed by atoms with Gasteiger partial charge in [-0.05, 0) is 39.0 Å². The van der Waals surface area contributed by atoms with Crippen molar-refractivity contribution in [2.24, 2.45) is 0 Å². The van der Waals surface area contributed by atoms with E-state index >= 15 is 0 Å². The van der Waals surface area contributed by atoms with Gasteiger partial charge in [0.25, 0.3) is 5.91 Å². The maximum atomic E-state index is 12.6. The second-order valence-corrected chi connectivity index (χ2v) is 8.19. The first-order valence-electron chi connectivity index (χ1n) is 8.04. The number of rotatable bonds is 6. The molecule has 0 aliphatic carbocycles. The molecule has 0 saturated carbocycles. The van der Waals surface area contributed by atoms with Gasteiger partial charge in [0.1, 0.15) is 0 Å². The number of carbonyl (C=O) groups is 2. The zero-order valence-corrected chi connectivity index (χ0v) is 18.0. The van der Waals surface area contributed by atoms with Gasteiger partial charge in [0.15, 0.2) is 5.78 Å². The largest absolute Gasteiger partial charge is 0.294 e. The average Bonchev–Trinajstić information content (AvgIpc) is 2.62. The number of hydrogen-bond acceptors (Lipinski definition) is 3. The SMILES string of the molecule is Cc1ccc(C(=O)CC(C)(C)N(Cl)N(Cl)C(=O)c2ccc(Cl)c(Cl)c2)cc1. The van der Waals surface area contributed by atoms with Crippen LogP contribution in [-0.4, -0.2) is 26.3 Å². The number of aryl methyl sites for hydroxylation is 1. The third-order valence-corrected chi connectivity index (χ3v) is 5.68. The van der Waals surface area contributed by atoms with Crippen LogP contribution in [0.5, 0.6) is 0 Å². The Morgan fingerprint density at radius 1 is 0.926 bits per heavy atom. The van der Waals surface area contributed by atoms with Crippen LogP contribution in [0.4, 0.5) is 0 Å². The predicted octanol–water partition coefficient (Wildman–Crippen LogP) is 6.32. The summed E-state index contributed by atoms with van der Waals surface area (Å²) in [5, 5.41) is 0.545. The highest BCUT2D eigenvalue weighted by Crippen LogP contribution is 2.29. The van der Waals surface area contributed by atoms with E-state index in [2.05, 4.69) is 0 Å². The van der Waals surface area contributed by atoms with Crippen LogP contribution in [-0.2, 0) is 0 Å². The van der Waals surface area contributed by atoms with Gasteiger partial charge in [-0.15, -0.1) is 4.53 Å². The molecule has 1 amide bonds. The van der Waals surface area contributed by atoms with E-state index in [0.29, 0.717) is 10.6 Å². The average molecular weight is 448 g/mol. The van der Waals surface area contributed by atoms with E-state index in [1.54, 1.807) is 26.0 Å². The minimum Gasteiger partial charge on any atom is -0.294 e. The molecule has 27 heavy (non-hydrogen) atoms. The van der Waals surface area contributed by atoms with Crippen LogP contribution in [0.3, 0.4) is 0 Å². The number of amides is 1. The Labute approximate surface area is 178 Å². The molecule has 2 rings (SSSR count). The fraction of sp³-hybridized carbons (Fsp3) is 0.263. The van der Waals surface area contributed by atoms with Gasteiger partial charge in [-0.2, -0.15) is 4.53 Å². The van der Waals surface area contributed by atoms with E-state index in [0.717, 1.165) is 14.6 Å². The lowest BCUT2D eigenvalue weighted by molar-refractivity contribution is 0.0374. The van der Waals surface area contributed by atoms with E-state index in [1.807, 2.05) is 19.1 Å². The molecule has 2 aromatic carbocycles. The standard InChI is InChI=1S/C19H18Cl4N2O2/c1-12-4-6-13(7-5-12)17(26)11-19(2,3)25(23)24(22)18(27)14-8-9-15(20)16(21)10-14/h4-10H,11H2,1-3H3. The normalized spacial score (nSPS) is 11.6. The van der Waals surface area contributed by atoms with Crippen LogP contribution in [0.25, 0.3) is 0 Å². The van der Waals surface area contributed by atoms with Crippen LogP contribution in [0.2, 0.25) is 10.0 Å². The van der Waals surface area contributed by atoms with Crippen molar-refractivity contribution < 1.29 is 9.59 Å². The van der Waals surface area contributed by atoms with Crippen molar-refractivity contribution in [3.05, 3.63) is 69.2 Å². The van der Waals surface area contributed by atoms with E-state index < -0.39 is 11.4 Å². The Hall–Kier alpha value is -1.30. The molecule has 2 aromatic rings. The topological polar surface area (TPSA) is 40.6 Å². The molecular weight excluding hydrogens is 430 g/mol. The zero-order chi connectivity index (χ0) is 20.4. The first kappa shape index (κ1) is 22.0. The highest BCUT2D eigenvalue weighted by atomic mass is 35.5. The van der Waals surface area contributed by atoms with Gasteiger partial charge in [-0.25, -0.2) is 0 Å². The fourth-order valence-electron chi connectivity index (χ4n) is 2.35. The summed E-state index contributed by atoms with van der Waals surface area (Å²) in [6, 6.07) is 11.6. The van der Waals surface area contributed by atoms with Gasteiger partial charge < -0.3 is 0 Å². The van der Waals surface area contributed by atoms with Crippen LogP contribution in [0, 0.1) is 6.92 Å². The number of hydrogen-bond donors (Lipinski definition) is 0. The Balaban J connectivity index is 2.14. The predicted molar refractivity (Wildman–Crippen MR) is 110 cm³/mol. The molecule has 0 unspecified atom stereocenters. The summed E-state index contributed by atoms with van der Waals surface area (Å²) in [7, 11) is 0. The second-order valence-electron chi connectivity index (χ2n) is 6.73. The van der Waals surface area contributed by atoms with Crippen LogP contribution < -0.4 is 0 Å². The molecule has 0 saturated heterocycles. The van der Waals surface area contributed by atoms with Gasteiger partial charge in [0.2, 0.25) is 0 Å². The zero-order valence-electron chi connectivity index (χ0n) is 15.0. The summed E-state index contributed by atoms with van der Waals surface area (Å²) in [6.07, 6.45) is 0.0530. The minimum absolute atomic E-state index is 0.0530. The highest BCUT2D eigenvalue weighted by molar-refractivity contribution is 6.42. The summed E-state index contributed by atoms with van der Waals surface area (Å²) >= 11 is 24.2. The minimum atomic E-state index is -0.933. The molecule has 0 atom stereocenters. The van der Waals surface area contributed by atoms with Gasteiger partial charge in [0.05, 0.1) is 15.6 Å². The van der Waals surface area contributed by atoms with E-state index in [4.69, 9.17) is 46.8 Å². The smallest absolute Gasteiger partial charge is 0.284 e. The Kier molecular flexibility index (Phi) is 7.17. The molecule has 0 fully saturated rings. The molecule has 4 nitrogen and oxygen atoms in total. The molecule has 0 N–H and O–H groups in total. The molecule has 0 spiro atoms. The lowest BCUT2D eigenvalue weighted by atomic mass is 9.94. The van der Waals surface area contributed by atoms with E-state index in [9.17, 15) is 9.59 Å². The number of Topliss-reactive ketones (excluding diaryl/α,β-unsaturated/α-hetero) is 1. The van der Waals surface area contributed by atoms with Crippen LogP contribution in [0.1, 0.15) is 46.5 Å². The molecule has 0 heterocycles. The van der Waals surface area contributed by atoms with Crippen LogP contribution >= 0.6 is 46.8 Å². The van der Waals surface area contributed by atoms with Crippen LogP contribution in [0.15, 0.2) is 42.5 Å². The number of halogens is 4. The second kappa shape index (κ2) is 8.80. The Morgan fingerprint density at radius 3 is 2.04 bits per heavy atom. The van der Waals surface area contributed by atoms with Crippen molar-refractivity contribution in [2.45, 2.75) is 32.7 Å². The van der Waals surface area contributed by atoms with Crippen molar-refractivity contribution in [3.63, 3.8) is 0 Å². The summed E-state index contributed by atoms with van der Waals surface area (Å²) in [5.41, 5.74) is 0.905. The molecular formula is C19H18Cl4N2O2. The van der Waals surface area contributed by atoms with Gasteiger partial charge >= 0.3 is 0 Å². The fourth-order valence-corrected chi connectivity index (χ4v) is 3.08. The number of hydrazine groups is 1. The molecule has 0 aromatic heterocycles. The number of carbonyl (C=O) groups excluding carboxylic acids is 2. The van der Waals surface area contributed by atoms with Gasteiger partial charge in [-0.1, -0.05) is 53.0 Å². The first-order valence-corrected chi connectivity index (χ1v) is 9.47. The third-order valence-electron chi connectivity index (χ3n) is 3.95. The summed E-state index contributed by atoms with van der Waals surface area (Å²) < 4.78 is 1.73. The van der Waals surface area contributed by atoms with E-state index in [-0.39, 0.29) is 22.8 Å². The quantitative estimate of drug-likeness (QED) is 0.295. The Bertz CT molecular complexity index is 853. The van der Waals surface area contributed by atoms with Gasteiger partial charge in [-0.3, -0.25) is 9.59 Å². The van der Waals surface area contributed by atoms with Crippen molar-refractivity contribution >= 4 is 58.4 Å². The molecule has 144 valence electrons. The number of nitrogens with zero attached hydrogens (tertiary/aromatic N) is 2. The highest BCUT2D eigenvalue weighted by Gasteiger charge is 2.35. The molecule has 0 aliphatic rings. The number of benzene rings is 2. The molecule has 8 heteroatoms. The third kappa shape index (κ3) is 5.37. The lowest BCUT2D eigenvalue weighted by Gasteiger charge is -2.35. The van der Waals surface area contributed by atoms with Crippen molar-refractivity contribution in [2.75, 3.05) is 0 Å². The number of ketones is 1. The summed E-state index contributed by atoms with van der Waals surface area (Å²) in [6.45, 7) is 5.37. The summed E-state index contributed by atoms with van der Waals surface area (Å²) in [5.74, 6) is -0.709. The van der Waals surface area contributed by atoms with E-state index in [1.165, 1.54) is 18.2 Å². The maximum absolute atomic E-state index is 12.6. The van der Waals surface area contributed by atoms with Crippen molar-refractivity contribution in [1.82, 2.24) is 9.06 Å². The van der Waals surface area contributed by atoms with Crippen molar-refractivity contribution in [3.8, 4) is 0 Å². The first-order chi connectivity index (χ1) is 12.5. The van der Waals surface area contributed by atoms with Gasteiger partial charge in [0, 0.05) is 41.1 Å². The monoisotopic (exact) mass is 446 g/mol. The van der Waals surface area contributed by atoms with Crippen molar-refractivity contribution in [1.29, 1.82) is 0 Å². The summed E-state index contributed by atoms with van der Waals surface area (Å²) in [4.78, 5) is 25.1. The molecule has 0 bridgehead atoms. The lowest BCUT2D eigenvalue weighted by Crippen LogP contribution is -2.48. The molecule has 0 radical (unpaired) electrons. The Morgan fingerprint density at radius 2 is 1.48 bits per heavy atom.